The molecular formula is C11H18N4O2. The minimum atomic E-state index is -0.0913. The molecule has 1 aliphatic rings. The molecule has 2 rings (SSSR count). The first-order valence-corrected chi connectivity index (χ1v) is 5.66. The van der Waals surface area contributed by atoms with E-state index in [2.05, 4.69) is 15.7 Å². The highest BCUT2D eigenvalue weighted by molar-refractivity contribution is 5.95. The van der Waals surface area contributed by atoms with Crippen molar-refractivity contribution in [3.05, 3.63) is 17.5 Å². The number of hydrogen-bond acceptors (Lipinski definition) is 4. The summed E-state index contributed by atoms with van der Waals surface area (Å²) in [6, 6.07) is 0.0205. The van der Waals surface area contributed by atoms with Crippen LogP contribution in [0, 0.1) is 6.92 Å². The fourth-order valence-corrected chi connectivity index (χ4v) is 2.01. The zero-order valence-electron chi connectivity index (χ0n) is 10.4. The van der Waals surface area contributed by atoms with Gasteiger partial charge in [0.1, 0.15) is 0 Å². The van der Waals surface area contributed by atoms with E-state index in [1.165, 1.54) is 0 Å². The third kappa shape index (κ3) is 2.32. The van der Waals surface area contributed by atoms with Crippen LogP contribution in [0.5, 0.6) is 0 Å². The Kier molecular flexibility index (Phi) is 3.44. The maximum Gasteiger partial charge on any atom is 0.255 e. The van der Waals surface area contributed by atoms with Gasteiger partial charge in [0.25, 0.3) is 5.91 Å². The van der Waals surface area contributed by atoms with E-state index in [0.29, 0.717) is 5.56 Å². The summed E-state index contributed by atoms with van der Waals surface area (Å²) in [5, 5.41) is 10.2. The second kappa shape index (κ2) is 4.85. The van der Waals surface area contributed by atoms with E-state index in [-0.39, 0.29) is 18.1 Å². The number of rotatable bonds is 3. The summed E-state index contributed by atoms with van der Waals surface area (Å²) in [7, 11) is 3.48. The van der Waals surface area contributed by atoms with Gasteiger partial charge in [-0.05, 0) is 6.92 Å². The molecule has 0 radical (unpaired) electrons. The van der Waals surface area contributed by atoms with Crippen LogP contribution >= 0.6 is 0 Å². The number of methoxy groups -OCH3 is 1. The van der Waals surface area contributed by atoms with E-state index in [4.69, 9.17) is 4.74 Å². The highest BCUT2D eigenvalue weighted by Crippen LogP contribution is 2.08. The monoisotopic (exact) mass is 238 g/mol. The van der Waals surface area contributed by atoms with Crippen molar-refractivity contribution in [2.45, 2.75) is 19.1 Å². The molecular weight excluding hydrogens is 220 g/mol. The second-order valence-electron chi connectivity index (χ2n) is 4.28. The highest BCUT2D eigenvalue weighted by Gasteiger charge is 2.29. The first kappa shape index (κ1) is 12.1. The Morgan fingerprint density at radius 3 is 3.00 bits per heavy atom. The van der Waals surface area contributed by atoms with Crippen LogP contribution in [0.15, 0.2) is 6.20 Å². The molecule has 0 spiro atoms. The van der Waals surface area contributed by atoms with Gasteiger partial charge in [0, 0.05) is 32.9 Å². The lowest BCUT2D eigenvalue weighted by atomic mass is 10.2. The van der Waals surface area contributed by atoms with E-state index < -0.39 is 0 Å². The van der Waals surface area contributed by atoms with Crippen molar-refractivity contribution in [3.63, 3.8) is 0 Å². The third-order valence-electron chi connectivity index (χ3n) is 3.26. The van der Waals surface area contributed by atoms with Crippen molar-refractivity contribution in [1.29, 1.82) is 0 Å². The highest BCUT2D eigenvalue weighted by atomic mass is 16.5. The van der Waals surface area contributed by atoms with E-state index in [1.807, 2.05) is 14.0 Å². The Morgan fingerprint density at radius 1 is 1.65 bits per heavy atom. The number of carbonyl (C=O) groups excluding carboxylic acids is 1. The molecule has 1 saturated heterocycles. The maximum absolute atomic E-state index is 12.0. The molecule has 6 nitrogen and oxygen atoms in total. The van der Waals surface area contributed by atoms with Gasteiger partial charge in [-0.25, -0.2) is 0 Å². The summed E-state index contributed by atoms with van der Waals surface area (Å²) in [4.78, 5) is 12.0. The normalized spacial score (nSPS) is 23.9. The molecule has 2 atom stereocenters. The summed E-state index contributed by atoms with van der Waals surface area (Å²) in [6.07, 6.45) is 1.63. The van der Waals surface area contributed by atoms with Gasteiger partial charge in [-0.15, -0.1) is 0 Å². The van der Waals surface area contributed by atoms with Crippen molar-refractivity contribution in [2.24, 2.45) is 7.05 Å². The minimum Gasteiger partial charge on any atom is -0.378 e. The molecule has 1 fully saturated rings. The van der Waals surface area contributed by atoms with Gasteiger partial charge >= 0.3 is 0 Å². The Balaban J connectivity index is 2.04. The molecule has 1 aromatic rings. The van der Waals surface area contributed by atoms with Crippen molar-refractivity contribution in [3.8, 4) is 0 Å². The Labute approximate surface area is 100 Å². The number of carbonyl (C=O) groups is 1. The summed E-state index contributed by atoms with van der Waals surface area (Å²) < 4.78 is 6.99. The lowest BCUT2D eigenvalue weighted by Crippen LogP contribution is -2.43. The summed E-state index contributed by atoms with van der Waals surface area (Å²) >= 11 is 0. The number of nitrogens with one attached hydrogen (secondary N) is 2. The first-order valence-electron chi connectivity index (χ1n) is 5.66. The molecule has 17 heavy (non-hydrogen) atoms. The van der Waals surface area contributed by atoms with Crippen molar-refractivity contribution >= 4 is 5.91 Å². The van der Waals surface area contributed by atoms with Crippen LogP contribution in [0.3, 0.4) is 0 Å². The predicted molar refractivity (Wildman–Crippen MR) is 62.9 cm³/mol. The number of amides is 1. The zero-order valence-corrected chi connectivity index (χ0v) is 10.4. The van der Waals surface area contributed by atoms with Gasteiger partial charge < -0.3 is 15.4 Å². The topological polar surface area (TPSA) is 68.2 Å². The second-order valence-corrected chi connectivity index (χ2v) is 4.28. The van der Waals surface area contributed by atoms with Gasteiger partial charge in [-0.1, -0.05) is 0 Å². The maximum atomic E-state index is 12.0. The van der Waals surface area contributed by atoms with E-state index in [9.17, 15) is 4.79 Å². The Bertz CT molecular complexity index is 416. The first-order chi connectivity index (χ1) is 8.13. The Hall–Kier alpha value is -1.40. The predicted octanol–water partition coefficient (Wildman–Crippen LogP) is -0.555. The molecule has 2 N–H and O–H groups in total. The molecule has 94 valence electrons. The van der Waals surface area contributed by atoms with Crippen LogP contribution in [-0.2, 0) is 11.8 Å². The number of nitrogens with zero attached hydrogens (tertiary/aromatic N) is 2. The minimum absolute atomic E-state index is 0.0205. The molecule has 1 aliphatic heterocycles. The van der Waals surface area contributed by atoms with Gasteiger partial charge in [0.2, 0.25) is 0 Å². The molecule has 1 aromatic heterocycles. The molecule has 0 aliphatic carbocycles. The fourth-order valence-electron chi connectivity index (χ4n) is 2.01. The van der Waals surface area contributed by atoms with Crippen LogP contribution in [0.1, 0.15) is 16.1 Å². The average Bonchev–Trinajstić information content (AvgIpc) is 2.87. The van der Waals surface area contributed by atoms with Gasteiger partial charge in [-0.3, -0.25) is 9.48 Å². The van der Waals surface area contributed by atoms with Crippen LogP contribution in [-0.4, -0.2) is 48.0 Å². The quantitative estimate of drug-likeness (QED) is 0.741. The summed E-state index contributed by atoms with van der Waals surface area (Å²) in [5.74, 6) is -0.0913. The van der Waals surface area contributed by atoms with Crippen LogP contribution < -0.4 is 10.6 Å². The molecule has 2 heterocycles. The zero-order chi connectivity index (χ0) is 12.4. The van der Waals surface area contributed by atoms with Crippen LogP contribution in [0.4, 0.5) is 0 Å². The molecule has 0 aromatic carbocycles. The van der Waals surface area contributed by atoms with E-state index in [0.717, 1.165) is 18.8 Å². The number of aromatic nitrogens is 2. The molecule has 0 saturated carbocycles. The lowest BCUT2D eigenvalue weighted by molar-refractivity contribution is 0.0779. The lowest BCUT2D eigenvalue weighted by Gasteiger charge is -2.18. The van der Waals surface area contributed by atoms with Gasteiger partial charge in [0.05, 0.1) is 23.9 Å². The molecule has 6 heteroatoms. The summed E-state index contributed by atoms with van der Waals surface area (Å²) in [5.41, 5.74) is 1.48. The summed E-state index contributed by atoms with van der Waals surface area (Å²) in [6.45, 7) is 3.39. The molecule has 1 amide bonds. The number of ether oxygens (including phenoxy) is 1. The van der Waals surface area contributed by atoms with Crippen LogP contribution in [0.25, 0.3) is 0 Å². The fraction of sp³-hybridized carbons (Fsp3) is 0.636. The van der Waals surface area contributed by atoms with Gasteiger partial charge in [-0.2, -0.15) is 5.10 Å². The van der Waals surface area contributed by atoms with Crippen LogP contribution in [0.2, 0.25) is 0 Å². The van der Waals surface area contributed by atoms with E-state index >= 15 is 0 Å². The third-order valence-corrected chi connectivity index (χ3v) is 3.26. The largest absolute Gasteiger partial charge is 0.378 e. The molecule has 0 bridgehead atoms. The molecule has 1 unspecified atom stereocenters. The standard InChI is InChI=1S/C11H18N4O2/c1-7-8(4-13-15(7)2)11(16)14-9-5-12-6-10(9)17-3/h4,9-10,12H,5-6H2,1-3H3,(H,14,16)/t9?,10-/m0/s1. The number of hydrogen-bond donors (Lipinski definition) is 2. The van der Waals surface area contributed by atoms with Crippen molar-refractivity contribution in [2.75, 3.05) is 20.2 Å². The van der Waals surface area contributed by atoms with Crippen molar-refractivity contribution < 1.29 is 9.53 Å². The smallest absolute Gasteiger partial charge is 0.255 e. The van der Waals surface area contributed by atoms with Crippen molar-refractivity contribution in [1.82, 2.24) is 20.4 Å². The Morgan fingerprint density at radius 2 is 2.41 bits per heavy atom. The van der Waals surface area contributed by atoms with E-state index in [1.54, 1.807) is 18.0 Å². The average molecular weight is 238 g/mol. The SMILES string of the molecule is CO[C@H]1CNCC1NC(=O)c1cnn(C)c1C. The van der Waals surface area contributed by atoms with Gasteiger partial charge in [0.15, 0.2) is 0 Å². The number of aryl methyl sites for hydroxylation is 1.